The van der Waals surface area contributed by atoms with Crippen molar-refractivity contribution in [1.82, 2.24) is 10.2 Å². The summed E-state index contributed by atoms with van der Waals surface area (Å²) in [6, 6.07) is 14.5. The van der Waals surface area contributed by atoms with Crippen molar-refractivity contribution in [2.45, 2.75) is 52.2 Å². The molecule has 2 amide bonds. The minimum Gasteiger partial charge on any atom is -0.497 e. The SMILES string of the molecule is CC[C@@H](C)NC(=O)[C@H](CC)N(Cc1ccc(OC)cc1)C(=O)COc1ccc(I)cc1. The van der Waals surface area contributed by atoms with Crippen LogP contribution in [0.1, 0.15) is 39.2 Å². The van der Waals surface area contributed by atoms with E-state index >= 15 is 0 Å². The molecule has 7 heteroatoms. The summed E-state index contributed by atoms with van der Waals surface area (Å²) in [6.07, 6.45) is 1.33. The second kappa shape index (κ2) is 12.5. The molecule has 0 fully saturated rings. The highest BCUT2D eigenvalue weighted by Crippen LogP contribution is 2.18. The van der Waals surface area contributed by atoms with Crippen LogP contribution in [0.4, 0.5) is 0 Å². The van der Waals surface area contributed by atoms with Crippen molar-refractivity contribution < 1.29 is 19.1 Å². The summed E-state index contributed by atoms with van der Waals surface area (Å²) < 4.78 is 12.0. The number of carbonyl (C=O) groups is 2. The first-order chi connectivity index (χ1) is 14.9. The Bertz CT molecular complexity index is 840. The molecule has 0 bridgehead atoms. The van der Waals surface area contributed by atoms with Gasteiger partial charge in [0, 0.05) is 16.2 Å². The molecule has 0 heterocycles. The Kier molecular flexibility index (Phi) is 10.1. The summed E-state index contributed by atoms with van der Waals surface area (Å²) in [5, 5.41) is 3.01. The van der Waals surface area contributed by atoms with Crippen molar-refractivity contribution in [3.05, 3.63) is 57.7 Å². The van der Waals surface area contributed by atoms with Gasteiger partial charge in [0.05, 0.1) is 7.11 Å². The van der Waals surface area contributed by atoms with E-state index in [1.165, 1.54) is 0 Å². The van der Waals surface area contributed by atoms with Crippen molar-refractivity contribution in [2.75, 3.05) is 13.7 Å². The van der Waals surface area contributed by atoms with Gasteiger partial charge in [0.15, 0.2) is 6.61 Å². The van der Waals surface area contributed by atoms with Gasteiger partial charge in [-0.3, -0.25) is 9.59 Å². The molecular weight excluding hydrogens is 507 g/mol. The van der Waals surface area contributed by atoms with E-state index in [9.17, 15) is 9.59 Å². The van der Waals surface area contributed by atoms with Gasteiger partial charge in [0.25, 0.3) is 5.91 Å². The smallest absolute Gasteiger partial charge is 0.261 e. The van der Waals surface area contributed by atoms with Crippen LogP contribution in [0.25, 0.3) is 0 Å². The molecule has 0 aliphatic heterocycles. The number of hydrogen-bond acceptors (Lipinski definition) is 4. The Morgan fingerprint density at radius 3 is 2.16 bits per heavy atom. The second-order valence-corrected chi connectivity index (χ2v) is 8.60. The molecule has 2 atom stereocenters. The van der Waals surface area contributed by atoms with Crippen LogP contribution in [0.3, 0.4) is 0 Å². The van der Waals surface area contributed by atoms with E-state index < -0.39 is 6.04 Å². The number of rotatable bonds is 11. The number of benzene rings is 2. The summed E-state index contributed by atoms with van der Waals surface area (Å²) in [7, 11) is 1.61. The van der Waals surface area contributed by atoms with E-state index in [-0.39, 0.29) is 24.5 Å². The average molecular weight is 538 g/mol. The molecule has 0 aliphatic carbocycles. The molecule has 1 N–H and O–H groups in total. The Morgan fingerprint density at radius 2 is 1.61 bits per heavy atom. The highest BCUT2D eigenvalue weighted by molar-refractivity contribution is 14.1. The average Bonchev–Trinajstić information content (AvgIpc) is 2.78. The lowest BCUT2D eigenvalue weighted by Crippen LogP contribution is -2.51. The lowest BCUT2D eigenvalue weighted by Gasteiger charge is -2.31. The summed E-state index contributed by atoms with van der Waals surface area (Å²) >= 11 is 2.22. The van der Waals surface area contributed by atoms with E-state index in [0.29, 0.717) is 18.7 Å². The monoisotopic (exact) mass is 538 g/mol. The van der Waals surface area contributed by atoms with E-state index in [4.69, 9.17) is 9.47 Å². The molecule has 0 aromatic heterocycles. The highest BCUT2D eigenvalue weighted by atomic mass is 127. The van der Waals surface area contributed by atoms with Gasteiger partial charge >= 0.3 is 0 Å². The summed E-state index contributed by atoms with van der Waals surface area (Å²) in [5.41, 5.74) is 0.915. The fourth-order valence-electron chi connectivity index (χ4n) is 3.05. The number of nitrogens with zero attached hydrogens (tertiary/aromatic N) is 1. The molecule has 2 rings (SSSR count). The number of nitrogens with one attached hydrogen (secondary N) is 1. The first kappa shape index (κ1) is 25.0. The molecule has 2 aromatic rings. The number of hydrogen-bond donors (Lipinski definition) is 1. The Balaban J connectivity index is 2.20. The number of methoxy groups -OCH3 is 1. The van der Waals surface area contributed by atoms with Gasteiger partial charge in [-0.2, -0.15) is 0 Å². The normalized spacial score (nSPS) is 12.5. The molecule has 6 nitrogen and oxygen atoms in total. The molecular formula is C24H31IN2O4. The maximum atomic E-state index is 13.2. The predicted octanol–water partition coefficient (Wildman–Crippen LogP) is 4.40. The molecule has 2 aromatic carbocycles. The van der Waals surface area contributed by atoms with Crippen molar-refractivity contribution in [3.63, 3.8) is 0 Å². The van der Waals surface area contributed by atoms with Crippen LogP contribution in [0.2, 0.25) is 0 Å². The van der Waals surface area contributed by atoms with Crippen molar-refractivity contribution in [2.24, 2.45) is 0 Å². The Hall–Kier alpha value is -2.29. The van der Waals surface area contributed by atoms with Crippen molar-refractivity contribution >= 4 is 34.4 Å². The van der Waals surface area contributed by atoms with Gasteiger partial charge in [-0.15, -0.1) is 0 Å². The molecule has 0 saturated carbocycles. The maximum absolute atomic E-state index is 13.2. The lowest BCUT2D eigenvalue weighted by atomic mass is 10.1. The van der Waals surface area contributed by atoms with E-state index in [1.807, 2.05) is 69.3 Å². The van der Waals surface area contributed by atoms with Crippen molar-refractivity contribution in [3.8, 4) is 11.5 Å². The van der Waals surface area contributed by atoms with Crippen LogP contribution in [-0.2, 0) is 16.1 Å². The number of amides is 2. The minimum atomic E-state index is -0.580. The number of halogens is 1. The maximum Gasteiger partial charge on any atom is 0.261 e. The Labute approximate surface area is 198 Å². The highest BCUT2D eigenvalue weighted by Gasteiger charge is 2.29. The lowest BCUT2D eigenvalue weighted by molar-refractivity contribution is -0.143. The van der Waals surface area contributed by atoms with Crippen LogP contribution in [0, 0.1) is 3.57 Å². The quantitative estimate of drug-likeness (QED) is 0.431. The first-order valence-corrected chi connectivity index (χ1v) is 11.6. The molecule has 0 spiro atoms. The standard InChI is InChI=1S/C24H31IN2O4/c1-5-17(3)26-24(29)22(6-2)27(15-18-7-11-20(30-4)12-8-18)23(28)16-31-21-13-9-19(25)10-14-21/h7-14,17,22H,5-6,15-16H2,1-4H3,(H,26,29)/t17-,22+/m1/s1. The summed E-state index contributed by atoms with van der Waals surface area (Å²) in [6.45, 7) is 6.06. The molecule has 0 radical (unpaired) electrons. The summed E-state index contributed by atoms with van der Waals surface area (Å²) in [5.74, 6) is 0.981. The molecule has 0 saturated heterocycles. The van der Waals surface area contributed by atoms with Crippen LogP contribution >= 0.6 is 22.6 Å². The largest absolute Gasteiger partial charge is 0.497 e. The van der Waals surface area contributed by atoms with Gasteiger partial charge in [-0.25, -0.2) is 0 Å². The van der Waals surface area contributed by atoms with Crippen LogP contribution in [0.5, 0.6) is 11.5 Å². The van der Waals surface area contributed by atoms with E-state index in [2.05, 4.69) is 27.9 Å². The number of carbonyl (C=O) groups excluding carboxylic acids is 2. The van der Waals surface area contributed by atoms with Gasteiger partial charge in [0.1, 0.15) is 17.5 Å². The van der Waals surface area contributed by atoms with Gasteiger partial charge < -0.3 is 19.7 Å². The van der Waals surface area contributed by atoms with E-state index in [1.54, 1.807) is 12.0 Å². The zero-order chi connectivity index (χ0) is 22.8. The topological polar surface area (TPSA) is 67.9 Å². The van der Waals surface area contributed by atoms with Crippen LogP contribution in [0.15, 0.2) is 48.5 Å². The third kappa shape index (κ3) is 7.72. The van der Waals surface area contributed by atoms with Crippen molar-refractivity contribution in [1.29, 1.82) is 0 Å². The first-order valence-electron chi connectivity index (χ1n) is 10.5. The van der Waals surface area contributed by atoms with Crippen LogP contribution in [-0.4, -0.2) is 42.5 Å². The zero-order valence-corrected chi connectivity index (χ0v) is 20.7. The van der Waals surface area contributed by atoms with Crippen LogP contribution < -0.4 is 14.8 Å². The fraction of sp³-hybridized carbons (Fsp3) is 0.417. The molecule has 168 valence electrons. The van der Waals surface area contributed by atoms with Gasteiger partial charge in [0.2, 0.25) is 5.91 Å². The molecule has 31 heavy (non-hydrogen) atoms. The zero-order valence-electron chi connectivity index (χ0n) is 18.6. The summed E-state index contributed by atoms with van der Waals surface area (Å²) in [4.78, 5) is 27.7. The van der Waals surface area contributed by atoms with Gasteiger partial charge in [-0.1, -0.05) is 26.0 Å². The minimum absolute atomic E-state index is 0.0440. The molecule has 0 unspecified atom stereocenters. The third-order valence-corrected chi connectivity index (χ3v) is 5.79. The van der Waals surface area contributed by atoms with Gasteiger partial charge in [-0.05, 0) is 84.3 Å². The molecule has 0 aliphatic rings. The van der Waals surface area contributed by atoms with E-state index in [0.717, 1.165) is 21.3 Å². The predicted molar refractivity (Wildman–Crippen MR) is 130 cm³/mol. The Morgan fingerprint density at radius 1 is 1.00 bits per heavy atom. The second-order valence-electron chi connectivity index (χ2n) is 7.35. The number of ether oxygens (including phenoxy) is 2. The fourth-order valence-corrected chi connectivity index (χ4v) is 3.41. The third-order valence-electron chi connectivity index (χ3n) is 5.07.